The zero-order valence-corrected chi connectivity index (χ0v) is 13.7. The molecule has 0 amide bonds. The van der Waals surface area contributed by atoms with Crippen molar-refractivity contribution in [1.82, 2.24) is 0 Å². The summed E-state index contributed by atoms with van der Waals surface area (Å²) >= 11 is 2.44. The van der Waals surface area contributed by atoms with Gasteiger partial charge >= 0.3 is 98.3 Å². The first-order valence-electron chi connectivity index (χ1n) is 6.00. The van der Waals surface area contributed by atoms with Gasteiger partial charge in [-0.3, -0.25) is 0 Å². The van der Waals surface area contributed by atoms with E-state index in [1.165, 1.54) is 51.4 Å². The van der Waals surface area contributed by atoms with Crippen molar-refractivity contribution in [2.75, 3.05) is 0 Å². The van der Waals surface area contributed by atoms with Gasteiger partial charge < -0.3 is 37.2 Å². The Morgan fingerprint density at radius 1 is 0.824 bits per heavy atom. The molecule has 1 unspecified atom stereocenters. The van der Waals surface area contributed by atoms with E-state index in [9.17, 15) is 0 Å². The summed E-state index contributed by atoms with van der Waals surface area (Å²) < 4.78 is 0.893. The molecule has 0 aliphatic heterocycles. The normalized spacial score (nSPS) is 26.4. The van der Waals surface area contributed by atoms with E-state index in [2.05, 4.69) is 20.4 Å². The molecule has 17 heavy (non-hydrogen) atoms. The predicted octanol–water partition coefficient (Wildman–Crippen LogP) is -4.91. The molecule has 0 bridgehead atoms. The standard InChI is InChI=1S/C13H17.3ClH.Ti/c1-3-7-12-10(5-1)9-11-6-2-4-8-13(11)12;;;;/h5H,1-4,6-9H2;3*1H;/q;;;;+3/p-3. The summed E-state index contributed by atoms with van der Waals surface area (Å²) in [5, 5.41) is 0. The molecular formula is C13H17Cl3Ti. The molecule has 3 rings (SSSR count). The van der Waals surface area contributed by atoms with E-state index in [1.807, 2.05) is 22.3 Å². The van der Waals surface area contributed by atoms with Crippen molar-refractivity contribution < 1.29 is 57.7 Å². The van der Waals surface area contributed by atoms with Crippen LogP contribution in [0.2, 0.25) is 4.22 Å². The molecule has 3 aliphatic carbocycles. The summed E-state index contributed by atoms with van der Waals surface area (Å²) in [4.78, 5) is 0. The molecule has 0 aromatic carbocycles. The van der Waals surface area contributed by atoms with E-state index >= 15 is 0 Å². The molecule has 0 fully saturated rings. The number of hydrogen-bond acceptors (Lipinski definition) is 0. The van der Waals surface area contributed by atoms with Gasteiger partial charge in [0.1, 0.15) is 0 Å². The van der Waals surface area contributed by atoms with Crippen molar-refractivity contribution in [3.8, 4) is 0 Å². The third-order valence-electron chi connectivity index (χ3n) is 4.08. The summed E-state index contributed by atoms with van der Waals surface area (Å²) in [6.07, 6.45) is 11.4. The van der Waals surface area contributed by atoms with Crippen LogP contribution in [0.3, 0.4) is 0 Å². The predicted molar refractivity (Wildman–Crippen MR) is 54.7 cm³/mol. The molecule has 0 spiro atoms. The van der Waals surface area contributed by atoms with Crippen LogP contribution in [0.5, 0.6) is 0 Å². The molecule has 0 nitrogen and oxygen atoms in total. The molecule has 3 aliphatic rings. The summed E-state index contributed by atoms with van der Waals surface area (Å²) in [7, 11) is 0. The Hall–Kier alpha value is 1.06. The Kier molecular flexibility index (Phi) is 8.08. The SMILES string of the molecule is [Cl-].[Cl-].[Cl-].[Ti+3][CH]1CCCC2=C1CC1=C2CCCC1. The molecule has 1 atom stereocenters. The topological polar surface area (TPSA) is 0 Å². The molecule has 0 heterocycles. The second-order valence-electron chi connectivity index (χ2n) is 4.91. The van der Waals surface area contributed by atoms with Crippen molar-refractivity contribution in [2.45, 2.75) is 55.6 Å². The van der Waals surface area contributed by atoms with Gasteiger partial charge in [0.25, 0.3) is 0 Å². The minimum absolute atomic E-state index is 0. The van der Waals surface area contributed by atoms with Crippen LogP contribution in [0.15, 0.2) is 22.3 Å². The molecular weight excluding hydrogens is 310 g/mol. The van der Waals surface area contributed by atoms with E-state index < -0.39 is 0 Å². The first kappa shape index (κ1) is 18.1. The van der Waals surface area contributed by atoms with E-state index in [1.54, 1.807) is 0 Å². The molecule has 94 valence electrons. The third-order valence-corrected chi connectivity index (χ3v) is 5.07. The maximum atomic E-state index is 2.44. The number of halogens is 3. The third kappa shape index (κ3) is 3.34. The Morgan fingerprint density at radius 2 is 1.47 bits per heavy atom. The zero-order chi connectivity index (χ0) is 9.54. The second kappa shape index (κ2) is 7.60. The summed E-state index contributed by atoms with van der Waals surface area (Å²) in [6, 6.07) is 0. The van der Waals surface area contributed by atoms with Crippen molar-refractivity contribution in [3.63, 3.8) is 0 Å². The Morgan fingerprint density at radius 3 is 2.24 bits per heavy atom. The van der Waals surface area contributed by atoms with Crippen molar-refractivity contribution in [3.05, 3.63) is 22.3 Å². The van der Waals surface area contributed by atoms with Crippen LogP contribution in [0.1, 0.15) is 51.4 Å². The van der Waals surface area contributed by atoms with Crippen LogP contribution in [0.4, 0.5) is 0 Å². The number of hydrogen-bond donors (Lipinski definition) is 0. The van der Waals surface area contributed by atoms with Gasteiger partial charge in [-0.1, -0.05) is 0 Å². The van der Waals surface area contributed by atoms with Crippen molar-refractivity contribution >= 4 is 0 Å². The summed E-state index contributed by atoms with van der Waals surface area (Å²) in [6.45, 7) is 0. The summed E-state index contributed by atoms with van der Waals surface area (Å²) in [5.41, 5.74) is 7.30. The zero-order valence-electron chi connectivity index (χ0n) is 9.87. The van der Waals surface area contributed by atoms with Crippen LogP contribution in [-0.2, 0) is 20.4 Å². The van der Waals surface area contributed by atoms with Crippen molar-refractivity contribution in [1.29, 1.82) is 0 Å². The molecule has 0 radical (unpaired) electrons. The first-order valence-corrected chi connectivity index (χ1v) is 6.90. The van der Waals surface area contributed by atoms with Crippen molar-refractivity contribution in [2.24, 2.45) is 0 Å². The average Bonchev–Trinajstić information content (AvgIpc) is 2.59. The van der Waals surface area contributed by atoms with Gasteiger partial charge in [0.05, 0.1) is 0 Å². The van der Waals surface area contributed by atoms with E-state index in [0.717, 1.165) is 4.22 Å². The fraction of sp³-hybridized carbons (Fsp3) is 0.692. The Balaban J connectivity index is 0.000000853. The van der Waals surface area contributed by atoms with Gasteiger partial charge in [-0.25, -0.2) is 0 Å². The molecule has 0 N–H and O–H groups in total. The molecule has 0 saturated heterocycles. The van der Waals surface area contributed by atoms with Crippen LogP contribution in [0.25, 0.3) is 0 Å². The fourth-order valence-corrected chi connectivity index (χ4v) is 4.11. The quantitative estimate of drug-likeness (QED) is 0.391. The van der Waals surface area contributed by atoms with E-state index in [4.69, 9.17) is 0 Å². The van der Waals surface area contributed by atoms with Crippen LogP contribution in [-0.4, -0.2) is 0 Å². The van der Waals surface area contributed by atoms with Crippen LogP contribution < -0.4 is 37.2 Å². The molecule has 0 aromatic rings. The van der Waals surface area contributed by atoms with Gasteiger partial charge in [0, 0.05) is 0 Å². The fourth-order valence-electron chi connectivity index (χ4n) is 3.36. The van der Waals surface area contributed by atoms with Gasteiger partial charge in [-0.05, 0) is 0 Å². The van der Waals surface area contributed by atoms with E-state index in [0.29, 0.717) is 0 Å². The second-order valence-corrected chi connectivity index (χ2v) is 6.00. The average molecular weight is 328 g/mol. The first-order chi connectivity index (χ1) is 6.86. The molecule has 4 heteroatoms. The molecule has 0 aromatic heterocycles. The van der Waals surface area contributed by atoms with Crippen LogP contribution in [0, 0.1) is 0 Å². The van der Waals surface area contributed by atoms with Gasteiger partial charge in [0.2, 0.25) is 0 Å². The Bertz CT molecular complexity index is 334. The minimum atomic E-state index is 0. The number of rotatable bonds is 0. The van der Waals surface area contributed by atoms with Crippen LogP contribution >= 0.6 is 0 Å². The van der Waals surface area contributed by atoms with Gasteiger partial charge in [-0.15, -0.1) is 0 Å². The van der Waals surface area contributed by atoms with Gasteiger partial charge in [-0.2, -0.15) is 0 Å². The maximum absolute atomic E-state index is 2.44. The number of fused-ring (bicyclic) bond motifs is 1. The van der Waals surface area contributed by atoms with Gasteiger partial charge in [0.15, 0.2) is 0 Å². The Labute approximate surface area is 135 Å². The monoisotopic (exact) mass is 326 g/mol. The van der Waals surface area contributed by atoms with E-state index in [-0.39, 0.29) is 37.2 Å². The summed E-state index contributed by atoms with van der Waals surface area (Å²) in [5.74, 6) is 0. The number of allylic oxidation sites excluding steroid dienone is 4. The molecule has 0 saturated carbocycles.